The van der Waals surface area contributed by atoms with Gasteiger partial charge in [-0.05, 0) is 26.3 Å². The van der Waals surface area contributed by atoms with Crippen molar-refractivity contribution >= 4 is 17.6 Å². The van der Waals surface area contributed by atoms with E-state index in [2.05, 4.69) is 10.9 Å². The second-order valence-electron chi connectivity index (χ2n) is 4.84. The average Bonchev–Trinajstić information content (AvgIpc) is 2.99. The van der Waals surface area contributed by atoms with Crippen molar-refractivity contribution in [2.45, 2.75) is 32.4 Å². The molecule has 1 aliphatic rings. The standard InChI is InChI=1S/C15H21ClN2O4/c1-4-21-13-8-14(22-5-2)10(16)6-9(13)11-7-12(18-17-11)15(19)20-3/h6,8,11-12,17-18H,4-5,7H2,1-3H3. The Morgan fingerprint density at radius 2 is 1.91 bits per heavy atom. The fourth-order valence-electron chi connectivity index (χ4n) is 2.43. The molecule has 0 aromatic heterocycles. The topological polar surface area (TPSA) is 68.8 Å². The number of carbonyl (C=O) groups excluding carboxylic acids is 1. The predicted molar refractivity (Wildman–Crippen MR) is 83.2 cm³/mol. The molecule has 0 saturated carbocycles. The van der Waals surface area contributed by atoms with Crippen LogP contribution in [0.5, 0.6) is 11.5 Å². The number of hydrazine groups is 1. The third-order valence-electron chi connectivity index (χ3n) is 3.43. The molecule has 0 bridgehead atoms. The van der Waals surface area contributed by atoms with E-state index in [1.807, 2.05) is 19.9 Å². The second kappa shape index (κ2) is 7.67. The maximum Gasteiger partial charge on any atom is 0.324 e. The highest BCUT2D eigenvalue weighted by Crippen LogP contribution is 2.38. The lowest BCUT2D eigenvalue weighted by Crippen LogP contribution is -2.36. The van der Waals surface area contributed by atoms with E-state index in [1.54, 1.807) is 6.07 Å². The van der Waals surface area contributed by atoms with Crippen molar-refractivity contribution in [3.63, 3.8) is 0 Å². The molecule has 7 heteroatoms. The van der Waals surface area contributed by atoms with Gasteiger partial charge in [0.1, 0.15) is 17.5 Å². The molecule has 2 rings (SSSR count). The molecule has 1 aromatic carbocycles. The van der Waals surface area contributed by atoms with Crippen LogP contribution >= 0.6 is 11.6 Å². The Morgan fingerprint density at radius 3 is 2.55 bits per heavy atom. The highest BCUT2D eigenvalue weighted by molar-refractivity contribution is 6.32. The molecule has 2 N–H and O–H groups in total. The van der Waals surface area contributed by atoms with Crippen molar-refractivity contribution in [1.29, 1.82) is 0 Å². The summed E-state index contributed by atoms with van der Waals surface area (Å²) in [4.78, 5) is 11.6. The number of benzene rings is 1. The number of esters is 1. The minimum absolute atomic E-state index is 0.0983. The lowest BCUT2D eigenvalue weighted by atomic mass is 10.0. The molecule has 0 radical (unpaired) electrons. The summed E-state index contributed by atoms with van der Waals surface area (Å²) in [5.74, 6) is 0.983. The molecule has 2 atom stereocenters. The number of halogens is 1. The van der Waals surface area contributed by atoms with Gasteiger partial charge in [-0.2, -0.15) is 0 Å². The number of methoxy groups -OCH3 is 1. The summed E-state index contributed by atoms with van der Waals surface area (Å²) >= 11 is 6.26. The Bertz CT molecular complexity index is 539. The molecule has 0 spiro atoms. The van der Waals surface area contributed by atoms with Crippen LogP contribution in [0, 0.1) is 0 Å². The Balaban J connectivity index is 2.26. The first-order chi connectivity index (χ1) is 10.6. The zero-order chi connectivity index (χ0) is 16.1. The van der Waals surface area contributed by atoms with E-state index in [0.717, 1.165) is 5.56 Å². The summed E-state index contributed by atoms with van der Waals surface area (Å²) in [6.07, 6.45) is 0.553. The molecular formula is C15H21ClN2O4. The Labute approximate surface area is 135 Å². The van der Waals surface area contributed by atoms with Crippen LogP contribution < -0.4 is 20.3 Å². The lowest BCUT2D eigenvalue weighted by Gasteiger charge is -2.18. The number of carbonyl (C=O) groups is 1. The summed E-state index contributed by atoms with van der Waals surface area (Å²) < 4.78 is 15.9. The van der Waals surface area contributed by atoms with Crippen LogP contribution in [0.2, 0.25) is 5.02 Å². The number of hydrogen-bond donors (Lipinski definition) is 2. The Morgan fingerprint density at radius 1 is 1.23 bits per heavy atom. The normalized spacial score (nSPS) is 20.7. The zero-order valence-corrected chi connectivity index (χ0v) is 13.7. The number of rotatable bonds is 6. The fourth-order valence-corrected chi connectivity index (χ4v) is 2.65. The van der Waals surface area contributed by atoms with Crippen molar-refractivity contribution in [3.05, 3.63) is 22.7 Å². The van der Waals surface area contributed by atoms with Crippen molar-refractivity contribution in [2.75, 3.05) is 20.3 Å². The summed E-state index contributed by atoms with van der Waals surface area (Å²) in [5, 5.41) is 0.517. The maximum absolute atomic E-state index is 11.6. The third kappa shape index (κ3) is 3.63. The van der Waals surface area contributed by atoms with Gasteiger partial charge in [0.25, 0.3) is 0 Å². The van der Waals surface area contributed by atoms with Crippen LogP contribution in [0.15, 0.2) is 12.1 Å². The molecule has 0 amide bonds. The van der Waals surface area contributed by atoms with Crippen LogP contribution in [0.3, 0.4) is 0 Å². The van der Waals surface area contributed by atoms with Crippen molar-refractivity contribution in [1.82, 2.24) is 10.9 Å². The van der Waals surface area contributed by atoms with Crippen LogP contribution in [0.1, 0.15) is 31.9 Å². The lowest BCUT2D eigenvalue weighted by molar-refractivity contribution is -0.142. The average molecular weight is 329 g/mol. The second-order valence-corrected chi connectivity index (χ2v) is 5.25. The quantitative estimate of drug-likeness (QED) is 0.780. The van der Waals surface area contributed by atoms with Crippen LogP contribution in [-0.4, -0.2) is 32.3 Å². The van der Waals surface area contributed by atoms with Crippen LogP contribution in [0.25, 0.3) is 0 Å². The molecule has 1 heterocycles. The van der Waals surface area contributed by atoms with Gasteiger partial charge in [0.2, 0.25) is 0 Å². The van der Waals surface area contributed by atoms with Gasteiger partial charge in [-0.1, -0.05) is 11.6 Å². The molecule has 0 aliphatic carbocycles. The third-order valence-corrected chi connectivity index (χ3v) is 3.72. The first-order valence-corrected chi connectivity index (χ1v) is 7.66. The largest absolute Gasteiger partial charge is 0.493 e. The van der Waals surface area contributed by atoms with Gasteiger partial charge < -0.3 is 14.2 Å². The van der Waals surface area contributed by atoms with Gasteiger partial charge in [0, 0.05) is 11.6 Å². The smallest absolute Gasteiger partial charge is 0.324 e. The van der Waals surface area contributed by atoms with Crippen LogP contribution in [0.4, 0.5) is 0 Å². The van der Waals surface area contributed by atoms with Gasteiger partial charge in [0.15, 0.2) is 0 Å². The molecule has 6 nitrogen and oxygen atoms in total. The minimum Gasteiger partial charge on any atom is -0.493 e. The molecule has 2 unspecified atom stereocenters. The van der Waals surface area contributed by atoms with E-state index < -0.39 is 6.04 Å². The summed E-state index contributed by atoms with van der Waals surface area (Å²) in [6, 6.07) is 3.11. The molecule has 22 heavy (non-hydrogen) atoms. The van der Waals surface area contributed by atoms with E-state index in [0.29, 0.717) is 36.2 Å². The number of nitrogens with one attached hydrogen (secondary N) is 2. The molecule has 1 aliphatic heterocycles. The number of hydrogen-bond acceptors (Lipinski definition) is 6. The van der Waals surface area contributed by atoms with E-state index in [9.17, 15) is 4.79 Å². The molecule has 1 aromatic rings. The van der Waals surface area contributed by atoms with Gasteiger partial charge >= 0.3 is 5.97 Å². The summed E-state index contributed by atoms with van der Waals surface area (Å²) in [7, 11) is 1.37. The molecule has 1 saturated heterocycles. The predicted octanol–water partition coefficient (Wildman–Crippen LogP) is 2.22. The van der Waals surface area contributed by atoms with Crippen molar-refractivity contribution in [3.8, 4) is 11.5 Å². The van der Waals surface area contributed by atoms with Gasteiger partial charge in [-0.3, -0.25) is 4.79 Å². The van der Waals surface area contributed by atoms with Crippen molar-refractivity contribution < 1.29 is 19.0 Å². The first kappa shape index (κ1) is 16.9. The Hall–Kier alpha value is -1.50. The summed E-state index contributed by atoms with van der Waals surface area (Å²) in [6.45, 7) is 4.86. The highest BCUT2D eigenvalue weighted by Gasteiger charge is 2.32. The summed E-state index contributed by atoms with van der Waals surface area (Å²) in [5.41, 5.74) is 6.90. The molecule has 1 fully saturated rings. The van der Waals surface area contributed by atoms with E-state index in [1.165, 1.54) is 7.11 Å². The first-order valence-electron chi connectivity index (χ1n) is 7.28. The van der Waals surface area contributed by atoms with Crippen LogP contribution in [-0.2, 0) is 9.53 Å². The van der Waals surface area contributed by atoms with Gasteiger partial charge in [-0.15, -0.1) is 0 Å². The highest BCUT2D eigenvalue weighted by atomic mass is 35.5. The van der Waals surface area contributed by atoms with E-state index >= 15 is 0 Å². The van der Waals surface area contributed by atoms with Crippen molar-refractivity contribution in [2.24, 2.45) is 0 Å². The minimum atomic E-state index is -0.394. The monoisotopic (exact) mass is 328 g/mol. The fraction of sp³-hybridized carbons (Fsp3) is 0.533. The number of ether oxygens (including phenoxy) is 3. The zero-order valence-electron chi connectivity index (χ0n) is 12.9. The SMILES string of the molecule is CCOc1cc(OCC)c(C2CC(C(=O)OC)NN2)cc1Cl. The Kier molecular flexibility index (Phi) is 5.88. The molecular weight excluding hydrogens is 308 g/mol. The van der Waals surface area contributed by atoms with Gasteiger partial charge in [-0.25, -0.2) is 10.9 Å². The van der Waals surface area contributed by atoms with E-state index in [-0.39, 0.29) is 12.0 Å². The maximum atomic E-state index is 11.6. The van der Waals surface area contributed by atoms with Gasteiger partial charge in [0.05, 0.1) is 31.4 Å². The van der Waals surface area contributed by atoms with E-state index in [4.69, 9.17) is 25.8 Å². The molecule has 122 valence electrons.